The third-order valence-electron chi connectivity index (χ3n) is 4.47. The maximum absolute atomic E-state index is 12.6. The predicted octanol–water partition coefficient (Wildman–Crippen LogP) is 3.98. The Balaban J connectivity index is 1.53. The summed E-state index contributed by atoms with van der Waals surface area (Å²) in [6, 6.07) is 17.3. The lowest BCUT2D eigenvalue weighted by molar-refractivity contribution is 0.0950. The standard InChI is InChI=1S/C21H21N3O2S/c1-2-26-17-10-8-16(9-11-17)20(25)22-14-18-19(15-6-4-3-5-7-15)23-21-24(18)12-13-27-21/h3-11H,2,12-14H2,1H3,(H,22,25). The van der Waals surface area contributed by atoms with Crippen LogP contribution in [0.15, 0.2) is 59.8 Å². The normalized spacial score (nSPS) is 12.6. The highest BCUT2D eigenvalue weighted by Crippen LogP contribution is 2.33. The Hall–Kier alpha value is -2.73. The zero-order valence-corrected chi connectivity index (χ0v) is 16.0. The quantitative estimate of drug-likeness (QED) is 0.704. The van der Waals surface area contributed by atoms with Crippen LogP contribution in [-0.4, -0.2) is 27.8 Å². The van der Waals surface area contributed by atoms with E-state index in [1.165, 1.54) is 0 Å². The van der Waals surface area contributed by atoms with Crippen molar-refractivity contribution in [3.63, 3.8) is 0 Å². The van der Waals surface area contributed by atoms with E-state index in [9.17, 15) is 4.79 Å². The summed E-state index contributed by atoms with van der Waals surface area (Å²) < 4.78 is 7.64. The number of thioether (sulfide) groups is 1. The zero-order chi connectivity index (χ0) is 18.6. The lowest BCUT2D eigenvalue weighted by atomic mass is 10.1. The number of benzene rings is 2. The fourth-order valence-corrected chi connectivity index (χ4v) is 4.14. The van der Waals surface area contributed by atoms with Gasteiger partial charge in [-0.25, -0.2) is 4.98 Å². The Morgan fingerprint density at radius 3 is 2.70 bits per heavy atom. The molecule has 3 aromatic rings. The number of rotatable bonds is 6. The van der Waals surface area contributed by atoms with Crippen molar-refractivity contribution in [2.45, 2.75) is 25.2 Å². The number of nitrogens with one attached hydrogen (secondary N) is 1. The molecule has 0 aliphatic carbocycles. The van der Waals surface area contributed by atoms with Crippen molar-refractivity contribution >= 4 is 17.7 Å². The van der Waals surface area contributed by atoms with Crippen LogP contribution < -0.4 is 10.1 Å². The molecule has 2 aromatic carbocycles. The SMILES string of the molecule is CCOc1ccc(C(=O)NCc2c(-c3ccccc3)nc3n2CCS3)cc1. The first-order chi connectivity index (χ1) is 13.3. The van der Waals surface area contributed by atoms with Crippen molar-refractivity contribution in [2.75, 3.05) is 12.4 Å². The fraction of sp³-hybridized carbons (Fsp3) is 0.238. The first kappa shape index (κ1) is 17.7. The number of fused-ring (bicyclic) bond motifs is 1. The summed E-state index contributed by atoms with van der Waals surface area (Å²) in [5, 5.41) is 4.07. The molecule has 1 N–H and O–H groups in total. The van der Waals surface area contributed by atoms with Gasteiger partial charge in [-0.2, -0.15) is 0 Å². The van der Waals surface area contributed by atoms with Gasteiger partial charge in [0.2, 0.25) is 0 Å². The molecule has 0 unspecified atom stereocenters. The highest BCUT2D eigenvalue weighted by atomic mass is 32.2. The molecule has 2 heterocycles. The molecule has 0 spiro atoms. The predicted molar refractivity (Wildman–Crippen MR) is 107 cm³/mol. The lowest BCUT2D eigenvalue weighted by Crippen LogP contribution is -2.24. The van der Waals surface area contributed by atoms with Gasteiger partial charge in [0.1, 0.15) is 5.75 Å². The van der Waals surface area contributed by atoms with Crippen molar-refractivity contribution in [3.05, 3.63) is 65.9 Å². The number of hydrogen-bond acceptors (Lipinski definition) is 4. The molecule has 1 aliphatic rings. The summed E-state index contributed by atoms with van der Waals surface area (Å²) in [7, 11) is 0. The van der Waals surface area contributed by atoms with E-state index in [0.29, 0.717) is 18.7 Å². The minimum Gasteiger partial charge on any atom is -0.494 e. The molecule has 0 saturated carbocycles. The van der Waals surface area contributed by atoms with Crippen molar-refractivity contribution in [1.82, 2.24) is 14.9 Å². The van der Waals surface area contributed by atoms with Gasteiger partial charge in [-0.3, -0.25) is 4.79 Å². The molecule has 1 amide bonds. The molecule has 5 nitrogen and oxygen atoms in total. The molecule has 0 radical (unpaired) electrons. The second kappa shape index (κ2) is 7.88. The number of aromatic nitrogens is 2. The zero-order valence-electron chi connectivity index (χ0n) is 15.1. The largest absolute Gasteiger partial charge is 0.494 e. The van der Waals surface area contributed by atoms with E-state index in [1.54, 1.807) is 23.9 Å². The van der Waals surface area contributed by atoms with Crippen LogP contribution in [0.3, 0.4) is 0 Å². The number of amides is 1. The lowest BCUT2D eigenvalue weighted by Gasteiger charge is -2.10. The molecule has 1 aliphatic heterocycles. The molecule has 138 valence electrons. The van der Waals surface area contributed by atoms with Gasteiger partial charge in [0.25, 0.3) is 5.91 Å². The third kappa shape index (κ3) is 3.71. The van der Waals surface area contributed by atoms with Crippen molar-refractivity contribution in [1.29, 1.82) is 0 Å². The smallest absolute Gasteiger partial charge is 0.251 e. The summed E-state index contributed by atoms with van der Waals surface area (Å²) in [5.41, 5.74) is 3.70. The van der Waals surface area contributed by atoms with Crippen molar-refractivity contribution in [2.24, 2.45) is 0 Å². The van der Waals surface area contributed by atoms with E-state index in [1.807, 2.05) is 37.3 Å². The van der Waals surface area contributed by atoms with Crippen LogP contribution in [0.1, 0.15) is 23.0 Å². The molecule has 0 bridgehead atoms. The summed E-state index contributed by atoms with van der Waals surface area (Å²) in [6.45, 7) is 3.92. The van der Waals surface area contributed by atoms with Gasteiger partial charge in [0.05, 0.1) is 24.5 Å². The molecule has 4 rings (SSSR count). The minimum absolute atomic E-state index is 0.0988. The van der Waals surface area contributed by atoms with E-state index in [-0.39, 0.29) is 5.91 Å². The average molecular weight is 379 g/mol. The maximum Gasteiger partial charge on any atom is 0.251 e. The molecule has 0 fully saturated rings. The number of imidazole rings is 1. The Morgan fingerprint density at radius 2 is 1.96 bits per heavy atom. The number of nitrogens with zero attached hydrogens (tertiary/aromatic N) is 2. The first-order valence-electron chi connectivity index (χ1n) is 9.05. The highest BCUT2D eigenvalue weighted by Gasteiger charge is 2.22. The first-order valence-corrected chi connectivity index (χ1v) is 10.0. The minimum atomic E-state index is -0.0988. The molecule has 27 heavy (non-hydrogen) atoms. The van der Waals surface area contributed by atoms with E-state index in [4.69, 9.17) is 9.72 Å². The fourth-order valence-electron chi connectivity index (χ4n) is 3.17. The molecular formula is C21H21N3O2S. The number of ether oxygens (including phenoxy) is 1. The second-order valence-corrected chi connectivity index (χ2v) is 7.26. The van der Waals surface area contributed by atoms with Gasteiger partial charge in [0, 0.05) is 23.4 Å². The number of carbonyl (C=O) groups is 1. The summed E-state index contributed by atoms with van der Waals surface area (Å²) >= 11 is 1.76. The summed E-state index contributed by atoms with van der Waals surface area (Å²) in [5.74, 6) is 1.70. The Labute approximate surface area is 162 Å². The number of hydrogen-bond donors (Lipinski definition) is 1. The van der Waals surface area contributed by atoms with E-state index in [2.05, 4.69) is 22.0 Å². The van der Waals surface area contributed by atoms with Crippen LogP contribution in [-0.2, 0) is 13.1 Å². The van der Waals surface area contributed by atoms with Gasteiger partial charge in [-0.1, -0.05) is 42.1 Å². The number of carbonyl (C=O) groups excluding carboxylic acids is 1. The Bertz CT molecular complexity index is 936. The summed E-state index contributed by atoms with van der Waals surface area (Å²) in [6.07, 6.45) is 0. The van der Waals surface area contributed by atoms with E-state index >= 15 is 0 Å². The van der Waals surface area contributed by atoms with Gasteiger partial charge < -0.3 is 14.6 Å². The van der Waals surface area contributed by atoms with Gasteiger partial charge in [-0.05, 0) is 31.2 Å². The van der Waals surface area contributed by atoms with Crippen LogP contribution in [0.5, 0.6) is 5.75 Å². The monoisotopic (exact) mass is 379 g/mol. The Kier molecular flexibility index (Phi) is 5.16. The highest BCUT2D eigenvalue weighted by molar-refractivity contribution is 7.99. The second-order valence-electron chi connectivity index (χ2n) is 6.20. The summed E-state index contributed by atoms with van der Waals surface area (Å²) in [4.78, 5) is 17.4. The van der Waals surface area contributed by atoms with Crippen molar-refractivity contribution < 1.29 is 9.53 Å². The molecule has 1 aromatic heterocycles. The molecule has 0 saturated heterocycles. The molecule has 0 atom stereocenters. The van der Waals surface area contributed by atoms with Gasteiger partial charge in [0.15, 0.2) is 5.16 Å². The topological polar surface area (TPSA) is 56.1 Å². The van der Waals surface area contributed by atoms with Crippen LogP contribution in [0.25, 0.3) is 11.3 Å². The van der Waals surface area contributed by atoms with Crippen LogP contribution in [0.2, 0.25) is 0 Å². The molecular weight excluding hydrogens is 358 g/mol. The van der Waals surface area contributed by atoms with E-state index < -0.39 is 0 Å². The Morgan fingerprint density at radius 1 is 1.19 bits per heavy atom. The molecule has 6 heteroatoms. The van der Waals surface area contributed by atoms with Gasteiger partial charge >= 0.3 is 0 Å². The maximum atomic E-state index is 12.6. The van der Waals surface area contributed by atoms with Gasteiger partial charge in [-0.15, -0.1) is 0 Å². The van der Waals surface area contributed by atoms with Crippen LogP contribution in [0.4, 0.5) is 0 Å². The van der Waals surface area contributed by atoms with Crippen LogP contribution >= 0.6 is 11.8 Å². The average Bonchev–Trinajstić information content (AvgIpc) is 3.29. The van der Waals surface area contributed by atoms with E-state index in [0.717, 1.165) is 40.2 Å². The third-order valence-corrected chi connectivity index (χ3v) is 5.43. The van der Waals surface area contributed by atoms with Crippen molar-refractivity contribution in [3.8, 4) is 17.0 Å². The van der Waals surface area contributed by atoms with Crippen LogP contribution in [0, 0.1) is 0 Å².